The lowest BCUT2D eigenvalue weighted by molar-refractivity contribution is 0.207. The Hall–Kier alpha value is -2.03. The van der Waals surface area contributed by atoms with E-state index in [1.54, 1.807) is 35.9 Å². The van der Waals surface area contributed by atoms with Crippen LogP contribution in [-0.4, -0.2) is 42.9 Å². The van der Waals surface area contributed by atoms with Crippen LogP contribution in [0.3, 0.4) is 0 Å². The zero-order valence-corrected chi connectivity index (χ0v) is 17.3. The van der Waals surface area contributed by atoms with Crippen LogP contribution in [0, 0.1) is 5.41 Å². The van der Waals surface area contributed by atoms with Crippen LogP contribution in [0.15, 0.2) is 35.8 Å². The van der Waals surface area contributed by atoms with Gasteiger partial charge in [0.1, 0.15) is 15.7 Å². The second-order valence-corrected chi connectivity index (χ2v) is 9.54. The number of piperidine rings is 1. The Morgan fingerprint density at radius 1 is 1.29 bits per heavy atom. The molecule has 3 aliphatic rings. The summed E-state index contributed by atoms with van der Waals surface area (Å²) in [4.78, 5) is 8.37. The molecule has 2 aliphatic heterocycles. The normalized spacial score (nSPS) is 23.1. The van der Waals surface area contributed by atoms with Crippen molar-refractivity contribution in [2.24, 2.45) is 0 Å². The molecule has 0 amide bonds. The molecule has 1 aliphatic carbocycles. The first-order valence-electron chi connectivity index (χ1n) is 9.54. The number of aromatic nitrogens is 1. The number of anilines is 1. The van der Waals surface area contributed by atoms with Crippen molar-refractivity contribution < 1.29 is 4.39 Å². The summed E-state index contributed by atoms with van der Waals surface area (Å²) in [5, 5.41) is 16.3. The molecular formula is C20H22FN5S2. The molecule has 5 nitrogen and oxygen atoms in total. The lowest BCUT2D eigenvalue weighted by atomic mass is 9.77. The quantitative estimate of drug-likeness (QED) is 0.707. The van der Waals surface area contributed by atoms with Crippen LogP contribution in [0.1, 0.15) is 24.3 Å². The number of nitrogens with zero attached hydrogens (tertiary/aromatic N) is 2. The van der Waals surface area contributed by atoms with E-state index in [1.807, 2.05) is 6.08 Å². The monoisotopic (exact) mass is 415 g/mol. The van der Waals surface area contributed by atoms with E-state index in [0.717, 1.165) is 39.7 Å². The fourth-order valence-electron chi connectivity index (χ4n) is 4.30. The largest absolute Gasteiger partial charge is 0.393 e. The SMILES string of the molecule is CN/C=C1/C=C(c2nc3sc(N4CCC45CCNCC5)cc3s2)C=C(F)C1=N. The molecule has 2 aromatic heterocycles. The van der Waals surface area contributed by atoms with Gasteiger partial charge in [-0.25, -0.2) is 9.37 Å². The van der Waals surface area contributed by atoms with E-state index >= 15 is 0 Å². The van der Waals surface area contributed by atoms with Gasteiger partial charge in [0.25, 0.3) is 0 Å². The third kappa shape index (κ3) is 2.82. The molecular weight excluding hydrogens is 393 g/mol. The summed E-state index contributed by atoms with van der Waals surface area (Å²) in [7, 11) is 1.75. The van der Waals surface area contributed by atoms with Gasteiger partial charge in [-0.15, -0.1) is 11.3 Å². The molecule has 2 aromatic rings. The van der Waals surface area contributed by atoms with Gasteiger partial charge in [-0.05, 0) is 50.6 Å². The van der Waals surface area contributed by atoms with E-state index in [0.29, 0.717) is 11.1 Å². The third-order valence-corrected chi connectivity index (χ3v) is 8.15. The lowest BCUT2D eigenvalue weighted by Gasteiger charge is -2.56. The Bertz CT molecular complexity index is 1010. The summed E-state index contributed by atoms with van der Waals surface area (Å²) in [6, 6.07) is 2.25. The highest BCUT2D eigenvalue weighted by atomic mass is 32.1. The fourth-order valence-corrected chi connectivity index (χ4v) is 6.63. The lowest BCUT2D eigenvalue weighted by Crippen LogP contribution is -2.63. The van der Waals surface area contributed by atoms with Crippen LogP contribution in [0.5, 0.6) is 0 Å². The van der Waals surface area contributed by atoms with E-state index in [9.17, 15) is 4.39 Å². The predicted octanol–water partition coefficient (Wildman–Crippen LogP) is 4.06. The molecule has 2 fully saturated rings. The van der Waals surface area contributed by atoms with Gasteiger partial charge in [0.2, 0.25) is 0 Å². The number of thiophene rings is 1. The van der Waals surface area contributed by atoms with Crippen molar-refractivity contribution in [1.29, 1.82) is 5.41 Å². The maximum atomic E-state index is 14.2. The first-order chi connectivity index (χ1) is 13.6. The molecule has 0 bridgehead atoms. The number of hydrogen-bond donors (Lipinski definition) is 3. The fraction of sp³-hybridized carbons (Fsp3) is 0.400. The first-order valence-corrected chi connectivity index (χ1v) is 11.2. The predicted molar refractivity (Wildman–Crippen MR) is 116 cm³/mol. The van der Waals surface area contributed by atoms with Gasteiger partial charge in [0.05, 0.1) is 15.4 Å². The molecule has 0 radical (unpaired) electrons. The summed E-state index contributed by atoms with van der Waals surface area (Å²) in [5.74, 6) is -0.522. The summed E-state index contributed by atoms with van der Waals surface area (Å²) < 4.78 is 15.3. The number of halogens is 1. The zero-order chi connectivity index (χ0) is 19.3. The molecule has 0 unspecified atom stereocenters. The molecule has 0 atom stereocenters. The maximum Gasteiger partial charge on any atom is 0.149 e. The summed E-state index contributed by atoms with van der Waals surface area (Å²) in [6.45, 7) is 3.32. The molecule has 0 aromatic carbocycles. The Kier molecular flexibility index (Phi) is 4.37. The molecule has 146 valence electrons. The van der Waals surface area contributed by atoms with E-state index in [2.05, 4.69) is 21.6 Å². The standard InChI is InChI=1S/C20H22FN5S2/c1-23-11-13-8-12(9-14(21)17(13)22)18-25-19-15(27-18)10-16(28-19)26-7-4-20(26)2-5-24-6-3-20/h8-11,22-24H,2-7H2,1H3/b13-11-,22-17?. The van der Waals surface area contributed by atoms with Crippen LogP contribution in [0.25, 0.3) is 15.1 Å². The summed E-state index contributed by atoms with van der Waals surface area (Å²) in [6.07, 6.45) is 8.58. The Labute approximate surface area is 171 Å². The van der Waals surface area contributed by atoms with Crippen molar-refractivity contribution in [1.82, 2.24) is 15.6 Å². The molecule has 8 heteroatoms. The minimum absolute atomic E-state index is 0.0937. The van der Waals surface area contributed by atoms with Gasteiger partial charge in [-0.3, -0.25) is 5.41 Å². The van der Waals surface area contributed by atoms with Crippen LogP contribution in [0.2, 0.25) is 0 Å². The van der Waals surface area contributed by atoms with E-state index in [1.165, 1.54) is 30.3 Å². The zero-order valence-electron chi connectivity index (χ0n) is 15.6. The Balaban J connectivity index is 1.45. The minimum atomic E-state index is -0.522. The Morgan fingerprint density at radius 3 is 2.79 bits per heavy atom. The molecule has 3 N–H and O–H groups in total. The average Bonchev–Trinajstić information content (AvgIpc) is 3.24. The first kappa shape index (κ1) is 18.0. The highest BCUT2D eigenvalue weighted by Crippen LogP contribution is 2.47. The molecule has 28 heavy (non-hydrogen) atoms. The number of rotatable bonds is 3. The van der Waals surface area contributed by atoms with E-state index < -0.39 is 5.83 Å². The average molecular weight is 416 g/mol. The van der Waals surface area contributed by atoms with Crippen LogP contribution in [-0.2, 0) is 0 Å². The molecule has 1 spiro atoms. The smallest absolute Gasteiger partial charge is 0.149 e. The summed E-state index contributed by atoms with van der Waals surface area (Å²) >= 11 is 3.34. The Morgan fingerprint density at radius 2 is 2.11 bits per heavy atom. The number of thiazole rings is 1. The van der Waals surface area contributed by atoms with Crippen molar-refractivity contribution in [2.75, 3.05) is 31.6 Å². The third-order valence-electron chi connectivity index (χ3n) is 5.92. The van der Waals surface area contributed by atoms with Crippen molar-refractivity contribution in [3.05, 3.63) is 40.8 Å². The van der Waals surface area contributed by atoms with Crippen molar-refractivity contribution in [3.8, 4) is 0 Å². The van der Waals surface area contributed by atoms with Crippen LogP contribution in [0.4, 0.5) is 9.39 Å². The van der Waals surface area contributed by atoms with E-state index in [-0.39, 0.29) is 5.71 Å². The van der Waals surface area contributed by atoms with Crippen LogP contribution < -0.4 is 15.5 Å². The summed E-state index contributed by atoms with van der Waals surface area (Å²) in [5.41, 5.74) is 1.50. The van der Waals surface area contributed by atoms with Gasteiger partial charge in [0.15, 0.2) is 0 Å². The molecule has 4 heterocycles. The minimum Gasteiger partial charge on any atom is -0.393 e. The number of allylic oxidation sites excluding steroid dienone is 5. The van der Waals surface area contributed by atoms with Gasteiger partial charge in [-0.1, -0.05) is 11.3 Å². The molecule has 0 saturated carbocycles. The van der Waals surface area contributed by atoms with E-state index in [4.69, 9.17) is 10.4 Å². The number of hydrogen-bond acceptors (Lipinski definition) is 7. The van der Waals surface area contributed by atoms with Crippen molar-refractivity contribution >= 4 is 48.5 Å². The number of fused-ring (bicyclic) bond motifs is 1. The topological polar surface area (TPSA) is 64.0 Å². The van der Waals surface area contributed by atoms with Gasteiger partial charge in [-0.2, -0.15) is 0 Å². The second-order valence-electron chi connectivity index (χ2n) is 7.50. The molecule has 2 saturated heterocycles. The van der Waals surface area contributed by atoms with Crippen LogP contribution >= 0.6 is 22.7 Å². The second kappa shape index (κ2) is 6.79. The van der Waals surface area contributed by atoms with Gasteiger partial charge >= 0.3 is 0 Å². The molecule has 5 rings (SSSR count). The highest BCUT2D eigenvalue weighted by molar-refractivity contribution is 7.29. The van der Waals surface area contributed by atoms with Gasteiger partial charge < -0.3 is 15.5 Å². The number of nitrogens with one attached hydrogen (secondary N) is 3. The van der Waals surface area contributed by atoms with Crippen molar-refractivity contribution in [2.45, 2.75) is 24.8 Å². The van der Waals surface area contributed by atoms with Gasteiger partial charge in [0, 0.05) is 36.5 Å². The maximum absolute atomic E-state index is 14.2. The van der Waals surface area contributed by atoms with Crippen molar-refractivity contribution in [3.63, 3.8) is 0 Å². The highest BCUT2D eigenvalue weighted by Gasteiger charge is 2.45.